The molecule has 5 nitrogen and oxygen atoms in total. The van der Waals surface area contributed by atoms with Crippen LogP contribution in [0.15, 0.2) is 48.9 Å². The molecular formula is C22H20F2N4O. The van der Waals surface area contributed by atoms with E-state index in [9.17, 15) is 13.6 Å². The van der Waals surface area contributed by atoms with Crippen molar-refractivity contribution in [3.63, 3.8) is 0 Å². The lowest BCUT2D eigenvalue weighted by atomic mass is 9.89. The van der Waals surface area contributed by atoms with Crippen molar-refractivity contribution in [1.29, 1.82) is 0 Å². The first kappa shape index (κ1) is 19.1. The van der Waals surface area contributed by atoms with Crippen molar-refractivity contribution in [1.82, 2.24) is 19.9 Å². The van der Waals surface area contributed by atoms with Crippen LogP contribution >= 0.6 is 0 Å². The number of carbonyl (C=O) groups is 1. The second-order valence-electron chi connectivity index (χ2n) is 7.20. The van der Waals surface area contributed by atoms with Gasteiger partial charge in [-0.25, -0.2) is 18.7 Å². The molecule has 1 fully saturated rings. The molecule has 0 N–H and O–H groups in total. The van der Waals surface area contributed by atoms with E-state index in [2.05, 4.69) is 15.0 Å². The monoisotopic (exact) mass is 394 g/mol. The predicted octanol–water partition coefficient (Wildman–Crippen LogP) is 4.15. The van der Waals surface area contributed by atoms with Gasteiger partial charge in [0, 0.05) is 54.8 Å². The van der Waals surface area contributed by atoms with Gasteiger partial charge in [-0.05, 0) is 49.6 Å². The number of nitrogens with zero attached hydrogens (tertiary/aromatic N) is 4. The van der Waals surface area contributed by atoms with Gasteiger partial charge in [-0.1, -0.05) is 0 Å². The molecule has 2 aromatic heterocycles. The van der Waals surface area contributed by atoms with Crippen LogP contribution in [0.5, 0.6) is 0 Å². The smallest absolute Gasteiger partial charge is 0.254 e. The molecule has 1 atom stereocenters. The second-order valence-corrected chi connectivity index (χ2v) is 7.20. The van der Waals surface area contributed by atoms with Crippen LogP contribution in [0.4, 0.5) is 8.78 Å². The van der Waals surface area contributed by atoms with Gasteiger partial charge in [0.1, 0.15) is 17.5 Å². The van der Waals surface area contributed by atoms with Gasteiger partial charge in [-0.3, -0.25) is 9.78 Å². The number of rotatable bonds is 3. The first-order chi connectivity index (χ1) is 14.0. The lowest BCUT2D eigenvalue weighted by molar-refractivity contribution is 0.0705. The van der Waals surface area contributed by atoms with Gasteiger partial charge in [-0.2, -0.15) is 0 Å². The average Bonchev–Trinajstić information content (AvgIpc) is 2.73. The van der Waals surface area contributed by atoms with E-state index in [0.29, 0.717) is 18.9 Å². The van der Waals surface area contributed by atoms with Crippen LogP contribution in [0.2, 0.25) is 0 Å². The fraction of sp³-hybridized carbons (Fsp3) is 0.273. The van der Waals surface area contributed by atoms with Crippen LogP contribution in [0, 0.1) is 18.6 Å². The Morgan fingerprint density at radius 2 is 1.86 bits per heavy atom. The van der Waals surface area contributed by atoms with E-state index in [4.69, 9.17) is 0 Å². The van der Waals surface area contributed by atoms with E-state index in [0.717, 1.165) is 47.9 Å². The number of aryl methyl sites for hydroxylation is 1. The highest BCUT2D eigenvalue weighted by Crippen LogP contribution is 2.33. The van der Waals surface area contributed by atoms with Crippen molar-refractivity contribution in [2.24, 2.45) is 0 Å². The predicted molar refractivity (Wildman–Crippen MR) is 104 cm³/mol. The maximum atomic E-state index is 13.5. The lowest BCUT2D eigenvalue weighted by Crippen LogP contribution is -2.39. The van der Waals surface area contributed by atoms with Crippen molar-refractivity contribution in [2.75, 3.05) is 13.1 Å². The minimum Gasteiger partial charge on any atom is -0.338 e. The van der Waals surface area contributed by atoms with E-state index in [-0.39, 0.29) is 17.4 Å². The third-order valence-corrected chi connectivity index (χ3v) is 5.13. The molecule has 0 bridgehead atoms. The molecule has 0 saturated carbocycles. The molecule has 3 aromatic rings. The van der Waals surface area contributed by atoms with Gasteiger partial charge in [0.15, 0.2) is 0 Å². The molecule has 3 heterocycles. The van der Waals surface area contributed by atoms with E-state index in [1.54, 1.807) is 23.5 Å². The number of likely N-dealkylation sites (tertiary alicyclic amines) is 1. The van der Waals surface area contributed by atoms with Crippen LogP contribution in [0.3, 0.4) is 0 Å². The number of carbonyl (C=O) groups excluding carboxylic acids is 1. The fourth-order valence-corrected chi connectivity index (χ4v) is 3.80. The van der Waals surface area contributed by atoms with Gasteiger partial charge in [0.05, 0.1) is 5.69 Å². The Kier molecular flexibility index (Phi) is 5.29. The fourth-order valence-electron chi connectivity index (χ4n) is 3.80. The van der Waals surface area contributed by atoms with Gasteiger partial charge in [0.2, 0.25) is 0 Å². The highest BCUT2D eigenvalue weighted by atomic mass is 19.1. The molecule has 1 saturated heterocycles. The minimum absolute atomic E-state index is 0.0102. The molecule has 1 aliphatic heterocycles. The number of hydrogen-bond donors (Lipinski definition) is 0. The van der Waals surface area contributed by atoms with Crippen molar-refractivity contribution in [3.05, 3.63) is 77.6 Å². The largest absolute Gasteiger partial charge is 0.338 e. The Morgan fingerprint density at radius 1 is 1.14 bits per heavy atom. The zero-order chi connectivity index (χ0) is 20.4. The molecule has 148 valence electrons. The Bertz CT molecular complexity index is 1020. The van der Waals surface area contributed by atoms with Gasteiger partial charge < -0.3 is 4.90 Å². The number of amides is 1. The molecule has 0 radical (unpaired) electrons. The first-order valence-corrected chi connectivity index (χ1v) is 9.50. The molecule has 0 unspecified atom stereocenters. The van der Waals surface area contributed by atoms with Crippen LogP contribution in [0.25, 0.3) is 11.1 Å². The number of halogens is 2. The minimum atomic E-state index is -0.756. The normalized spacial score (nSPS) is 16.7. The maximum Gasteiger partial charge on any atom is 0.254 e. The Morgan fingerprint density at radius 3 is 2.59 bits per heavy atom. The standard InChI is InChI=1S/C22H20F2N4O/c1-14-26-12-20(15-4-6-25-7-5-15)21(27-14)16-3-2-8-28(13-16)22(29)17-9-18(23)11-19(24)10-17/h4-7,9-12,16H,2-3,8,13H2,1H3/t16-/m1/s1. The summed E-state index contributed by atoms with van der Waals surface area (Å²) in [7, 11) is 0. The Hall–Kier alpha value is -3.22. The van der Waals surface area contributed by atoms with Crippen molar-refractivity contribution in [2.45, 2.75) is 25.7 Å². The summed E-state index contributed by atoms with van der Waals surface area (Å²) in [5.74, 6) is -1.21. The zero-order valence-corrected chi connectivity index (χ0v) is 16.0. The molecular weight excluding hydrogens is 374 g/mol. The van der Waals surface area contributed by atoms with E-state index in [1.165, 1.54) is 0 Å². The summed E-state index contributed by atoms with van der Waals surface area (Å²) in [5, 5.41) is 0. The number of benzene rings is 1. The summed E-state index contributed by atoms with van der Waals surface area (Å²) in [5.41, 5.74) is 2.78. The Labute approximate surface area is 167 Å². The van der Waals surface area contributed by atoms with Crippen LogP contribution in [-0.4, -0.2) is 38.8 Å². The topological polar surface area (TPSA) is 59.0 Å². The quantitative estimate of drug-likeness (QED) is 0.670. The van der Waals surface area contributed by atoms with Crippen molar-refractivity contribution >= 4 is 5.91 Å². The maximum absolute atomic E-state index is 13.5. The van der Waals surface area contributed by atoms with Gasteiger partial charge in [0.25, 0.3) is 5.91 Å². The summed E-state index contributed by atoms with van der Waals surface area (Å²) in [6, 6.07) is 6.72. The third-order valence-electron chi connectivity index (χ3n) is 5.13. The molecule has 1 aromatic carbocycles. The second kappa shape index (κ2) is 8.03. The van der Waals surface area contributed by atoms with Crippen molar-refractivity contribution < 1.29 is 13.6 Å². The summed E-state index contributed by atoms with van der Waals surface area (Å²) >= 11 is 0. The van der Waals surface area contributed by atoms with Crippen molar-refractivity contribution in [3.8, 4) is 11.1 Å². The highest BCUT2D eigenvalue weighted by molar-refractivity contribution is 5.94. The number of pyridine rings is 1. The molecule has 0 aliphatic carbocycles. The molecule has 4 rings (SSSR count). The Balaban J connectivity index is 1.64. The van der Waals surface area contributed by atoms with Gasteiger partial charge in [-0.15, -0.1) is 0 Å². The van der Waals surface area contributed by atoms with E-state index in [1.807, 2.05) is 19.1 Å². The first-order valence-electron chi connectivity index (χ1n) is 9.50. The zero-order valence-electron chi connectivity index (χ0n) is 16.0. The number of aromatic nitrogens is 3. The SMILES string of the molecule is Cc1ncc(-c2ccncc2)c([C@@H]2CCCN(C(=O)c3cc(F)cc(F)c3)C2)n1. The molecule has 0 spiro atoms. The average molecular weight is 394 g/mol. The van der Waals surface area contributed by atoms with Crippen LogP contribution in [0.1, 0.15) is 40.6 Å². The number of hydrogen-bond acceptors (Lipinski definition) is 4. The number of piperidine rings is 1. The highest BCUT2D eigenvalue weighted by Gasteiger charge is 2.29. The van der Waals surface area contributed by atoms with Gasteiger partial charge >= 0.3 is 0 Å². The van der Waals surface area contributed by atoms with Crippen LogP contribution in [-0.2, 0) is 0 Å². The summed E-state index contributed by atoms with van der Waals surface area (Å²) in [6.07, 6.45) is 6.89. The van der Waals surface area contributed by atoms with Crippen LogP contribution < -0.4 is 0 Å². The molecule has 7 heteroatoms. The summed E-state index contributed by atoms with van der Waals surface area (Å²) < 4.78 is 27.1. The summed E-state index contributed by atoms with van der Waals surface area (Å²) in [4.78, 5) is 27.6. The molecule has 29 heavy (non-hydrogen) atoms. The molecule has 1 amide bonds. The molecule has 1 aliphatic rings. The lowest BCUT2D eigenvalue weighted by Gasteiger charge is -2.33. The summed E-state index contributed by atoms with van der Waals surface area (Å²) in [6.45, 7) is 2.81. The van der Waals surface area contributed by atoms with E-state index >= 15 is 0 Å². The third kappa shape index (κ3) is 4.13. The van der Waals surface area contributed by atoms with E-state index < -0.39 is 11.6 Å².